The first kappa shape index (κ1) is 25.3. The smallest absolute Gasteiger partial charge is 0.148 e. The Morgan fingerprint density at radius 1 is 0.558 bits per heavy atom. The van der Waals surface area contributed by atoms with E-state index in [1.165, 1.54) is 22.3 Å². The molecule has 0 spiro atoms. The molecule has 5 aromatic carbocycles. The van der Waals surface area contributed by atoms with Gasteiger partial charge >= 0.3 is 0 Å². The van der Waals surface area contributed by atoms with Gasteiger partial charge in [-0.05, 0) is 64.2 Å². The molecule has 0 radical (unpaired) electrons. The fourth-order valence-electron chi connectivity index (χ4n) is 6.37. The largest absolute Gasteiger partial charge is 0.455 e. The van der Waals surface area contributed by atoms with E-state index in [0.29, 0.717) is 0 Å². The van der Waals surface area contributed by atoms with E-state index < -0.39 is 0 Å². The highest BCUT2D eigenvalue weighted by atomic mass is 16.3. The minimum atomic E-state index is 0.150. The van der Waals surface area contributed by atoms with Crippen LogP contribution in [0.4, 0.5) is 11.4 Å². The van der Waals surface area contributed by atoms with E-state index in [-0.39, 0.29) is 12.1 Å². The number of anilines is 2. The van der Waals surface area contributed by atoms with Crippen molar-refractivity contribution in [2.24, 2.45) is 10.2 Å². The van der Waals surface area contributed by atoms with Crippen LogP contribution in [0.1, 0.15) is 45.7 Å². The fourth-order valence-corrected chi connectivity index (χ4v) is 6.37. The number of rotatable bonds is 6. The van der Waals surface area contributed by atoms with Crippen LogP contribution in [0.5, 0.6) is 0 Å². The maximum atomic E-state index is 6.18. The van der Waals surface area contributed by atoms with Gasteiger partial charge in [0.25, 0.3) is 0 Å². The summed E-state index contributed by atoms with van der Waals surface area (Å²) in [4.78, 5) is 0. The molecule has 3 heterocycles. The van der Waals surface area contributed by atoms with Gasteiger partial charge in [-0.25, -0.2) is 0 Å². The lowest BCUT2D eigenvalue weighted by molar-refractivity contribution is 0.605. The van der Waals surface area contributed by atoms with E-state index in [1.807, 2.05) is 24.6 Å². The zero-order valence-corrected chi connectivity index (χ0v) is 23.6. The van der Waals surface area contributed by atoms with Crippen molar-refractivity contribution in [1.82, 2.24) is 0 Å². The quantitative estimate of drug-likeness (QED) is 0.192. The van der Waals surface area contributed by atoms with Gasteiger partial charge in [-0.2, -0.15) is 10.2 Å². The molecule has 2 unspecified atom stereocenters. The maximum Gasteiger partial charge on any atom is 0.148 e. The Labute approximate surface area is 251 Å². The van der Waals surface area contributed by atoms with Gasteiger partial charge in [0, 0.05) is 18.2 Å². The number of para-hydroxylation sites is 2. The molecule has 2 atom stereocenters. The average Bonchev–Trinajstić information content (AvgIpc) is 3.76. The molecule has 208 valence electrons. The second-order valence-electron chi connectivity index (χ2n) is 11.1. The van der Waals surface area contributed by atoms with Crippen molar-refractivity contribution in [1.29, 1.82) is 0 Å². The second-order valence-corrected chi connectivity index (χ2v) is 11.1. The van der Waals surface area contributed by atoms with Crippen LogP contribution in [-0.4, -0.2) is 12.4 Å². The molecule has 0 fully saturated rings. The molecule has 0 aliphatic carbocycles. The summed E-state index contributed by atoms with van der Waals surface area (Å²) in [5, 5.41) is 15.2. The van der Waals surface area contributed by atoms with Gasteiger partial charge in [0.2, 0.25) is 0 Å². The van der Waals surface area contributed by atoms with Gasteiger partial charge in [0.15, 0.2) is 0 Å². The Balaban J connectivity index is 1.06. The molecule has 5 nitrogen and oxygen atoms in total. The number of hydrogen-bond donors (Lipinski definition) is 0. The van der Waals surface area contributed by atoms with Crippen molar-refractivity contribution in [3.05, 3.63) is 167 Å². The first-order valence-corrected chi connectivity index (χ1v) is 14.8. The lowest BCUT2D eigenvalue weighted by Crippen LogP contribution is -2.19. The molecule has 8 rings (SSSR count). The Hall–Kier alpha value is -5.42. The predicted molar refractivity (Wildman–Crippen MR) is 175 cm³/mol. The van der Waals surface area contributed by atoms with Gasteiger partial charge in [0.1, 0.15) is 11.3 Å². The number of fused-ring (bicyclic) bond motifs is 3. The van der Waals surface area contributed by atoms with Gasteiger partial charge in [-0.3, -0.25) is 10.0 Å². The van der Waals surface area contributed by atoms with Crippen molar-refractivity contribution in [2.75, 3.05) is 10.0 Å². The highest BCUT2D eigenvalue weighted by molar-refractivity contribution is 5.92. The monoisotopic (exact) mass is 558 g/mol. The normalized spacial score (nSPS) is 17.8. The lowest BCUT2D eigenvalue weighted by atomic mass is 10.0. The van der Waals surface area contributed by atoms with E-state index in [0.717, 1.165) is 46.5 Å². The van der Waals surface area contributed by atoms with E-state index in [1.54, 1.807) is 0 Å². The highest BCUT2D eigenvalue weighted by Gasteiger charge is 2.31. The van der Waals surface area contributed by atoms with Crippen molar-refractivity contribution >= 4 is 34.8 Å². The third-order valence-corrected chi connectivity index (χ3v) is 8.46. The number of hydrazone groups is 2. The summed E-state index contributed by atoms with van der Waals surface area (Å²) < 4.78 is 6.18. The summed E-state index contributed by atoms with van der Waals surface area (Å²) in [6.45, 7) is 0. The zero-order chi connectivity index (χ0) is 28.6. The van der Waals surface area contributed by atoms with Crippen LogP contribution in [0, 0.1) is 0 Å². The van der Waals surface area contributed by atoms with E-state index >= 15 is 0 Å². The molecule has 0 saturated heterocycles. The van der Waals surface area contributed by atoms with Gasteiger partial charge in [0.05, 0.1) is 35.9 Å². The van der Waals surface area contributed by atoms with E-state index in [9.17, 15) is 0 Å². The van der Waals surface area contributed by atoms with Crippen molar-refractivity contribution in [2.45, 2.75) is 24.9 Å². The van der Waals surface area contributed by atoms with Gasteiger partial charge < -0.3 is 4.42 Å². The molecule has 6 aromatic rings. The number of hydrogen-bond acceptors (Lipinski definition) is 5. The molecule has 0 N–H and O–H groups in total. The molecule has 1 aromatic heterocycles. The number of nitrogens with zero attached hydrogens (tertiary/aromatic N) is 4. The average molecular weight is 559 g/mol. The summed E-state index contributed by atoms with van der Waals surface area (Å²) in [6, 6.07) is 46.8. The maximum absolute atomic E-state index is 6.18. The van der Waals surface area contributed by atoms with Crippen LogP contribution < -0.4 is 10.0 Å². The Kier molecular flexibility index (Phi) is 6.34. The van der Waals surface area contributed by atoms with Crippen LogP contribution >= 0.6 is 0 Å². The Morgan fingerprint density at radius 2 is 1.09 bits per heavy atom. The van der Waals surface area contributed by atoms with Crippen molar-refractivity contribution in [3.63, 3.8) is 0 Å². The van der Waals surface area contributed by atoms with Crippen LogP contribution in [0.3, 0.4) is 0 Å². The zero-order valence-electron chi connectivity index (χ0n) is 23.6. The molecular weight excluding hydrogens is 528 g/mol. The topological polar surface area (TPSA) is 44.3 Å². The first-order chi connectivity index (χ1) is 21.3. The summed E-state index contributed by atoms with van der Waals surface area (Å²) in [6.07, 6.45) is 5.64. The summed E-state index contributed by atoms with van der Waals surface area (Å²) in [7, 11) is 0. The fraction of sp³-hybridized carbons (Fsp3) is 0.105. The van der Waals surface area contributed by atoms with Crippen LogP contribution in [-0.2, 0) is 12.8 Å². The molecular formula is C38H30N4O. The van der Waals surface area contributed by atoms with Crippen LogP contribution in [0.25, 0.3) is 11.0 Å². The number of benzene rings is 5. The molecule has 43 heavy (non-hydrogen) atoms. The molecule has 2 aliphatic rings. The van der Waals surface area contributed by atoms with Crippen LogP contribution in [0.15, 0.2) is 148 Å². The highest BCUT2D eigenvalue weighted by Crippen LogP contribution is 2.41. The minimum Gasteiger partial charge on any atom is -0.455 e. The Morgan fingerprint density at radius 3 is 1.70 bits per heavy atom. The van der Waals surface area contributed by atoms with E-state index in [4.69, 9.17) is 14.6 Å². The molecule has 0 amide bonds. The number of furan rings is 1. The second kappa shape index (κ2) is 10.8. The standard InChI is InChI=1S/C38H30N4O/c1-3-11-28(12-4-1)36-23-30-15-7-9-17-34(30)41(36)39-25-27-19-20-38-32(21-27)22-33(43-38)26-40-42-35-18-10-8-16-31(35)24-37(42)29-13-5-2-6-14-29/h1-22,25-26,36-37H,23-24H2. The molecule has 0 bridgehead atoms. The minimum absolute atomic E-state index is 0.150. The molecule has 5 heteroatoms. The first-order valence-electron chi connectivity index (χ1n) is 14.8. The van der Waals surface area contributed by atoms with Gasteiger partial charge in [-0.1, -0.05) is 97.1 Å². The molecule has 0 saturated carbocycles. The predicted octanol–water partition coefficient (Wildman–Crippen LogP) is 8.71. The van der Waals surface area contributed by atoms with Crippen molar-refractivity contribution < 1.29 is 4.42 Å². The Bertz CT molecular complexity index is 1860. The third kappa shape index (κ3) is 4.79. The van der Waals surface area contributed by atoms with E-state index in [2.05, 4.69) is 131 Å². The lowest BCUT2D eigenvalue weighted by Gasteiger charge is -2.22. The SMILES string of the molecule is C(=NN1c2ccccc2CC1c1ccccc1)c1ccc2oc(C=NN3c4ccccc4CC3c3ccccc3)cc2c1. The molecule has 2 aliphatic heterocycles. The summed E-state index contributed by atoms with van der Waals surface area (Å²) in [5.41, 5.74) is 9.28. The van der Waals surface area contributed by atoms with Crippen molar-refractivity contribution in [3.8, 4) is 0 Å². The summed E-state index contributed by atoms with van der Waals surface area (Å²) >= 11 is 0. The summed E-state index contributed by atoms with van der Waals surface area (Å²) in [5.74, 6) is 0.720. The van der Waals surface area contributed by atoms with Crippen LogP contribution in [0.2, 0.25) is 0 Å². The van der Waals surface area contributed by atoms with Gasteiger partial charge in [-0.15, -0.1) is 0 Å². The third-order valence-electron chi connectivity index (χ3n) is 8.46.